The summed E-state index contributed by atoms with van der Waals surface area (Å²) >= 11 is 0. The van der Waals surface area contributed by atoms with E-state index in [1.54, 1.807) is 6.07 Å². The Balaban J connectivity index is 0.000000290. The quantitative estimate of drug-likeness (QED) is 0.0698. The Morgan fingerprint density at radius 3 is 2.09 bits per heavy atom. The molecule has 0 saturated heterocycles. The SMILES string of the molecule is CCC(C)(CC)C(=O)/C=C(\O)C(C)(CC)CC.Cc1[c-]c(-c2nccc3cc(-c4ccccc4)c4ccc(F)cc4c23)cc(C)c1.[Ir]. The number of hydrogen-bond donors (Lipinski definition) is 1. The van der Waals surface area contributed by atoms with Crippen LogP contribution in [0.25, 0.3) is 43.9 Å². The third-order valence-electron chi connectivity index (χ3n) is 9.91. The number of aliphatic hydroxyl groups excluding tert-OH is 1. The third-order valence-corrected chi connectivity index (χ3v) is 9.91. The molecule has 249 valence electrons. The minimum atomic E-state index is -0.337. The molecule has 0 amide bonds. The summed E-state index contributed by atoms with van der Waals surface area (Å²) in [5.74, 6) is 0.0389. The number of aromatic nitrogens is 1. The second-order valence-electron chi connectivity index (χ2n) is 12.9. The molecule has 0 bridgehead atoms. The molecular weight excluding hydrogens is 762 g/mol. The number of carbonyl (C=O) groups excluding carboxylic acids is 1. The maximum absolute atomic E-state index is 14.3. The molecule has 1 heterocycles. The van der Waals surface area contributed by atoms with Crippen molar-refractivity contribution < 1.29 is 34.4 Å². The number of nitrogens with zero attached hydrogens (tertiary/aromatic N) is 1. The minimum Gasteiger partial charge on any atom is -0.512 e. The summed E-state index contributed by atoms with van der Waals surface area (Å²) in [4.78, 5) is 16.9. The zero-order chi connectivity index (χ0) is 33.6. The Morgan fingerprint density at radius 1 is 0.851 bits per heavy atom. The van der Waals surface area contributed by atoms with Crippen molar-refractivity contribution in [1.29, 1.82) is 0 Å². The predicted octanol–water partition coefficient (Wildman–Crippen LogP) is 11.9. The molecule has 0 aliphatic rings. The molecule has 5 rings (SSSR count). The van der Waals surface area contributed by atoms with Crippen molar-refractivity contribution in [2.75, 3.05) is 0 Å². The molecular formula is C42H47FIrNO2-. The number of allylic oxidation sites excluding steroid dienone is 2. The van der Waals surface area contributed by atoms with Gasteiger partial charge in [-0.05, 0) is 88.3 Å². The summed E-state index contributed by atoms with van der Waals surface area (Å²) in [5.41, 5.74) is 5.60. The summed E-state index contributed by atoms with van der Waals surface area (Å²) in [6.45, 7) is 16.2. The molecule has 47 heavy (non-hydrogen) atoms. The third kappa shape index (κ3) is 8.26. The number of ketones is 1. The smallest absolute Gasteiger partial charge is 0.164 e. The van der Waals surface area contributed by atoms with Crippen LogP contribution in [0.5, 0.6) is 0 Å². The Hall–Kier alpha value is -3.66. The van der Waals surface area contributed by atoms with Gasteiger partial charge < -0.3 is 10.1 Å². The fraction of sp³-hybridized carbons (Fsp3) is 0.333. The van der Waals surface area contributed by atoms with Crippen LogP contribution in [0.2, 0.25) is 0 Å². The van der Waals surface area contributed by atoms with Gasteiger partial charge in [-0.15, -0.1) is 34.9 Å². The van der Waals surface area contributed by atoms with E-state index in [9.17, 15) is 14.3 Å². The Morgan fingerprint density at radius 2 is 1.49 bits per heavy atom. The van der Waals surface area contributed by atoms with E-state index in [2.05, 4.69) is 48.3 Å². The molecule has 1 N–H and O–H groups in total. The van der Waals surface area contributed by atoms with Gasteiger partial charge in [0, 0.05) is 43.2 Å². The Kier molecular flexibility index (Phi) is 12.8. The number of fused-ring (bicyclic) bond motifs is 3. The summed E-state index contributed by atoms with van der Waals surface area (Å²) in [5, 5.41) is 14.0. The molecule has 1 radical (unpaired) electrons. The van der Waals surface area contributed by atoms with Crippen molar-refractivity contribution in [3.05, 3.63) is 114 Å². The standard InChI is InChI=1S/C27H19FN.C15H28O2.Ir/c1-17-12-18(2)14-21(13-17)27-26-20(10-11-29-27)15-24(19-6-4-3-5-7-19)23-9-8-22(28)16-25(23)26;1-7-14(5,8-2)12(16)11-13(17)15(6,9-3)10-4;/h3-13,15-16H,1-2H3;11,16H,7-10H2,1-6H3;/q-1;;/b;12-11-;. The normalized spacial score (nSPS) is 12.0. The molecule has 0 atom stereocenters. The monoisotopic (exact) mass is 809 g/mol. The van der Waals surface area contributed by atoms with Gasteiger partial charge in [-0.1, -0.05) is 91.8 Å². The van der Waals surface area contributed by atoms with E-state index >= 15 is 0 Å². The average molecular weight is 809 g/mol. The molecule has 0 saturated carbocycles. The second kappa shape index (κ2) is 16.0. The molecule has 1 aromatic heterocycles. The predicted molar refractivity (Wildman–Crippen MR) is 191 cm³/mol. The zero-order valence-corrected chi connectivity index (χ0v) is 31.3. The van der Waals surface area contributed by atoms with E-state index in [1.807, 2.05) is 85.0 Å². The van der Waals surface area contributed by atoms with Crippen molar-refractivity contribution in [1.82, 2.24) is 4.98 Å². The molecule has 5 heteroatoms. The number of carbonyl (C=O) groups is 1. The van der Waals surface area contributed by atoms with E-state index < -0.39 is 0 Å². The number of pyridine rings is 1. The molecule has 0 unspecified atom stereocenters. The van der Waals surface area contributed by atoms with E-state index in [4.69, 9.17) is 0 Å². The summed E-state index contributed by atoms with van der Waals surface area (Å²) in [6, 6.07) is 27.0. The first-order chi connectivity index (χ1) is 21.9. The number of hydrogen-bond acceptors (Lipinski definition) is 3. The maximum atomic E-state index is 14.3. The zero-order valence-electron chi connectivity index (χ0n) is 28.9. The average Bonchev–Trinajstić information content (AvgIpc) is 3.06. The topological polar surface area (TPSA) is 50.2 Å². The summed E-state index contributed by atoms with van der Waals surface area (Å²) in [7, 11) is 0. The van der Waals surface area contributed by atoms with Crippen molar-refractivity contribution in [2.45, 2.75) is 81.1 Å². The van der Waals surface area contributed by atoms with Crippen LogP contribution in [0.1, 0.15) is 78.4 Å². The van der Waals surface area contributed by atoms with E-state index in [0.717, 1.165) is 80.7 Å². The molecule has 0 spiro atoms. The number of benzene rings is 4. The summed E-state index contributed by atoms with van der Waals surface area (Å²) < 4.78 is 14.3. The van der Waals surface area contributed by atoms with Crippen LogP contribution in [-0.2, 0) is 24.9 Å². The van der Waals surface area contributed by atoms with Crippen LogP contribution in [0.4, 0.5) is 4.39 Å². The summed E-state index contributed by atoms with van der Waals surface area (Å²) in [6.07, 6.45) is 6.58. The van der Waals surface area contributed by atoms with Gasteiger partial charge in [0.25, 0.3) is 0 Å². The van der Waals surface area contributed by atoms with Gasteiger partial charge in [-0.25, -0.2) is 4.39 Å². The first-order valence-electron chi connectivity index (χ1n) is 16.4. The first-order valence-corrected chi connectivity index (χ1v) is 16.4. The molecule has 3 nitrogen and oxygen atoms in total. The van der Waals surface area contributed by atoms with Crippen LogP contribution in [-0.4, -0.2) is 15.9 Å². The van der Waals surface area contributed by atoms with Crippen LogP contribution in [0.15, 0.2) is 90.8 Å². The van der Waals surface area contributed by atoms with Crippen LogP contribution >= 0.6 is 0 Å². The first kappa shape index (κ1) is 37.8. The van der Waals surface area contributed by atoms with E-state index in [1.165, 1.54) is 12.1 Å². The fourth-order valence-corrected chi connectivity index (χ4v) is 5.84. The fourth-order valence-electron chi connectivity index (χ4n) is 5.84. The van der Waals surface area contributed by atoms with Crippen molar-refractivity contribution >= 4 is 27.3 Å². The van der Waals surface area contributed by atoms with Gasteiger partial charge >= 0.3 is 0 Å². The minimum absolute atomic E-state index is 0. The van der Waals surface area contributed by atoms with E-state index in [0.29, 0.717) is 0 Å². The molecule has 0 aliphatic heterocycles. The van der Waals surface area contributed by atoms with Gasteiger partial charge in [0.2, 0.25) is 0 Å². The van der Waals surface area contributed by atoms with Gasteiger partial charge in [0.1, 0.15) is 11.6 Å². The maximum Gasteiger partial charge on any atom is 0.164 e. The number of halogens is 1. The largest absolute Gasteiger partial charge is 0.512 e. The van der Waals surface area contributed by atoms with Crippen LogP contribution in [0, 0.1) is 36.6 Å². The van der Waals surface area contributed by atoms with Gasteiger partial charge in [-0.2, -0.15) is 0 Å². The molecule has 5 aromatic rings. The number of aryl methyl sites for hydroxylation is 2. The Labute approximate surface area is 293 Å². The van der Waals surface area contributed by atoms with Crippen LogP contribution in [0.3, 0.4) is 0 Å². The van der Waals surface area contributed by atoms with Gasteiger partial charge in [0.05, 0.1) is 0 Å². The molecule has 4 aromatic carbocycles. The van der Waals surface area contributed by atoms with Gasteiger partial charge in [-0.3, -0.25) is 4.79 Å². The van der Waals surface area contributed by atoms with Crippen LogP contribution < -0.4 is 0 Å². The van der Waals surface area contributed by atoms with Gasteiger partial charge in [0.15, 0.2) is 5.78 Å². The van der Waals surface area contributed by atoms with Crippen molar-refractivity contribution in [2.24, 2.45) is 10.8 Å². The van der Waals surface area contributed by atoms with E-state index in [-0.39, 0.29) is 48.3 Å². The molecule has 0 aliphatic carbocycles. The second-order valence-corrected chi connectivity index (χ2v) is 12.9. The molecule has 0 fully saturated rings. The number of rotatable bonds is 9. The van der Waals surface area contributed by atoms with Crippen molar-refractivity contribution in [3.63, 3.8) is 0 Å². The number of aliphatic hydroxyl groups is 1. The Bertz CT molecular complexity index is 1850. The van der Waals surface area contributed by atoms with Crippen molar-refractivity contribution in [3.8, 4) is 22.4 Å².